The van der Waals surface area contributed by atoms with Crippen molar-refractivity contribution >= 4 is 5.65 Å². The third-order valence-corrected chi connectivity index (χ3v) is 2.71. The fourth-order valence-electron chi connectivity index (χ4n) is 1.96. The second-order valence-electron chi connectivity index (χ2n) is 3.91. The van der Waals surface area contributed by atoms with Crippen LogP contribution in [0.15, 0.2) is 36.9 Å². The highest BCUT2D eigenvalue weighted by molar-refractivity contribution is 5.66. The molecule has 0 amide bonds. The van der Waals surface area contributed by atoms with Crippen molar-refractivity contribution in [3.8, 4) is 11.1 Å². The van der Waals surface area contributed by atoms with Gasteiger partial charge in [-0.05, 0) is 19.1 Å². The molecule has 0 spiro atoms. The minimum atomic E-state index is 0.963. The molecule has 4 nitrogen and oxygen atoms in total. The van der Waals surface area contributed by atoms with Crippen molar-refractivity contribution in [3.05, 3.63) is 42.6 Å². The lowest BCUT2D eigenvalue weighted by molar-refractivity contribution is 0.756. The van der Waals surface area contributed by atoms with Crippen LogP contribution in [0.25, 0.3) is 16.8 Å². The van der Waals surface area contributed by atoms with Crippen LogP contribution >= 0.6 is 0 Å². The maximum atomic E-state index is 4.35. The van der Waals surface area contributed by atoms with Crippen LogP contribution in [-0.2, 0) is 7.05 Å². The minimum Gasteiger partial charge on any atom is -0.306 e. The summed E-state index contributed by atoms with van der Waals surface area (Å²) in [5, 5.41) is 4.35. The highest BCUT2D eigenvalue weighted by Crippen LogP contribution is 2.22. The summed E-state index contributed by atoms with van der Waals surface area (Å²) in [5.41, 5.74) is 4.33. The molecule has 0 unspecified atom stereocenters. The van der Waals surface area contributed by atoms with Gasteiger partial charge in [0, 0.05) is 43.0 Å². The fraction of sp³-hybridized carbons (Fsp3) is 0.167. The van der Waals surface area contributed by atoms with Gasteiger partial charge in [0.05, 0.1) is 5.69 Å². The molecule has 3 aromatic rings. The van der Waals surface area contributed by atoms with Gasteiger partial charge in [-0.15, -0.1) is 0 Å². The largest absolute Gasteiger partial charge is 0.306 e. The zero-order chi connectivity index (χ0) is 11.1. The van der Waals surface area contributed by atoms with E-state index in [2.05, 4.69) is 22.3 Å². The van der Waals surface area contributed by atoms with Gasteiger partial charge >= 0.3 is 0 Å². The molecule has 0 N–H and O–H groups in total. The Morgan fingerprint density at radius 3 is 2.81 bits per heavy atom. The van der Waals surface area contributed by atoms with E-state index in [0.717, 1.165) is 22.5 Å². The van der Waals surface area contributed by atoms with E-state index in [-0.39, 0.29) is 0 Å². The molecule has 0 bridgehead atoms. The number of aryl methyl sites for hydroxylation is 2. The van der Waals surface area contributed by atoms with Crippen LogP contribution in [0.4, 0.5) is 0 Å². The van der Waals surface area contributed by atoms with E-state index >= 15 is 0 Å². The average Bonchev–Trinajstić information content (AvgIpc) is 2.83. The molecule has 0 aliphatic carbocycles. The van der Waals surface area contributed by atoms with Gasteiger partial charge in [0.1, 0.15) is 5.65 Å². The highest BCUT2D eigenvalue weighted by atomic mass is 15.2. The Bertz CT molecular complexity index is 648. The van der Waals surface area contributed by atoms with Crippen LogP contribution in [0.1, 0.15) is 5.69 Å². The first kappa shape index (κ1) is 9.15. The van der Waals surface area contributed by atoms with Crippen molar-refractivity contribution < 1.29 is 0 Å². The summed E-state index contributed by atoms with van der Waals surface area (Å²) in [6, 6.07) is 4.09. The normalized spacial score (nSPS) is 11.1. The average molecular weight is 212 g/mol. The molecular weight excluding hydrogens is 200 g/mol. The maximum absolute atomic E-state index is 4.35. The summed E-state index contributed by atoms with van der Waals surface area (Å²) in [6.45, 7) is 2.02. The summed E-state index contributed by atoms with van der Waals surface area (Å²) in [4.78, 5) is 4.22. The lowest BCUT2D eigenvalue weighted by atomic mass is 10.1. The number of pyridine rings is 1. The lowest BCUT2D eigenvalue weighted by Crippen LogP contribution is -1.86. The fourth-order valence-corrected chi connectivity index (χ4v) is 1.96. The van der Waals surface area contributed by atoms with Gasteiger partial charge in [0.25, 0.3) is 0 Å². The molecule has 0 aliphatic heterocycles. The van der Waals surface area contributed by atoms with Gasteiger partial charge in [0.15, 0.2) is 0 Å². The Balaban J connectivity index is 2.21. The standard InChI is InChI=1S/C12H12N4/c1-9-11(8-15(2)14-9)10-3-4-12-13-5-6-16(12)7-10/h3-8H,1-2H3. The number of hydrogen-bond acceptors (Lipinski definition) is 2. The first-order valence-corrected chi connectivity index (χ1v) is 5.17. The van der Waals surface area contributed by atoms with Gasteiger partial charge in [-0.2, -0.15) is 5.10 Å². The molecule has 3 aromatic heterocycles. The maximum Gasteiger partial charge on any atom is 0.136 e. The van der Waals surface area contributed by atoms with Crippen molar-refractivity contribution in [2.24, 2.45) is 7.05 Å². The second kappa shape index (κ2) is 3.20. The van der Waals surface area contributed by atoms with E-state index < -0.39 is 0 Å². The molecule has 80 valence electrons. The van der Waals surface area contributed by atoms with Crippen molar-refractivity contribution in [2.45, 2.75) is 6.92 Å². The third-order valence-electron chi connectivity index (χ3n) is 2.71. The molecule has 0 aliphatic rings. The molecular formula is C12H12N4. The quantitative estimate of drug-likeness (QED) is 0.618. The number of imidazole rings is 1. The lowest BCUT2D eigenvalue weighted by Gasteiger charge is -2.00. The second-order valence-corrected chi connectivity index (χ2v) is 3.91. The summed E-state index contributed by atoms with van der Waals surface area (Å²) in [6.07, 6.45) is 7.86. The Labute approximate surface area is 93.2 Å². The van der Waals surface area contributed by atoms with Crippen LogP contribution in [-0.4, -0.2) is 19.2 Å². The van der Waals surface area contributed by atoms with Gasteiger partial charge in [-0.1, -0.05) is 0 Å². The van der Waals surface area contributed by atoms with E-state index in [1.54, 1.807) is 6.20 Å². The molecule has 0 radical (unpaired) electrons. The molecule has 0 aromatic carbocycles. The van der Waals surface area contributed by atoms with Gasteiger partial charge in [-0.25, -0.2) is 4.98 Å². The SMILES string of the molecule is Cc1nn(C)cc1-c1ccc2nccn2c1. The van der Waals surface area contributed by atoms with E-state index in [4.69, 9.17) is 0 Å². The summed E-state index contributed by atoms with van der Waals surface area (Å²) in [5.74, 6) is 0. The predicted octanol–water partition coefficient (Wildman–Crippen LogP) is 2.04. The number of rotatable bonds is 1. The Hall–Kier alpha value is -2.10. The first-order chi connectivity index (χ1) is 7.74. The molecule has 0 saturated carbocycles. The minimum absolute atomic E-state index is 0.963. The van der Waals surface area contributed by atoms with Crippen LogP contribution in [0, 0.1) is 6.92 Å². The molecule has 0 atom stereocenters. The van der Waals surface area contributed by atoms with Crippen molar-refractivity contribution in [1.29, 1.82) is 0 Å². The van der Waals surface area contributed by atoms with E-state index in [0.29, 0.717) is 0 Å². The van der Waals surface area contributed by atoms with Crippen molar-refractivity contribution in [3.63, 3.8) is 0 Å². The molecule has 3 rings (SSSR count). The Kier molecular flexibility index (Phi) is 1.83. The molecule has 0 saturated heterocycles. The molecule has 4 heteroatoms. The number of aromatic nitrogens is 4. The van der Waals surface area contributed by atoms with Crippen molar-refractivity contribution in [1.82, 2.24) is 19.2 Å². The summed E-state index contributed by atoms with van der Waals surface area (Å²) >= 11 is 0. The van der Waals surface area contributed by atoms with Crippen LogP contribution in [0.5, 0.6) is 0 Å². The van der Waals surface area contributed by atoms with E-state index in [9.17, 15) is 0 Å². The first-order valence-electron chi connectivity index (χ1n) is 5.17. The van der Waals surface area contributed by atoms with Crippen LogP contribution < -0.4 is 0 Å². The number of hydrogen-bond donors (Lipinski definition) is 0. The smallest absolute Gasteiger partial charge is 0.136 e. The van der Waals surface area contributed by atoms with Crippen LogP contribution in [0.3, 0.4) is 0 Å². The van der Waals surface area contributed by atoms with E-state index in [1.165, 1.54) is 0 Å². The molecule has 16 heavy (non-hydrogen) atoms. The van der Waals surface area contributed by atoms with Gasteiger partial charge in [0.2, 0.25) is 0 Å². The van der Waals surface area contributed by atoms with E-state index in [1.807, 2.05) is 41.5 Å². The summed E-state index contributed by atoms with van der Waals surface area (Å²) in [7, 11) is 1.94. The Morgan fingerprint density at radius 2 is 2.06 bits per heavy atom. The molecule has 3 heterocycles. The highest BCUT2D eigenvalue weighted by Gasteiger charge is 2.06. The molecule has 0 fully saturated rings. The number of fused-ring (bicyclic) bond motifs is 1. The Morgan fingerprint density at radius 1 is 1.19 bits per heavy atom. The summed E-state index contributed by atoms with van der Waals surface area (Å²) < 4.78 is 3.85. The zero-order valence-electron chi connectivity index (χ0n) is 9.25. The van der Waals surface area contributed by atoms with Gasteiger partial charge in [-0.3, -0.25) is 4.68 Å². The zero-order valence-corrected chi connectivity index (χ0v) is 9.25. The van der Waals surface area contributed by atoms with Crippen LogP contribution in [0.2, 0.25) is 0 Å². The van der Waals surface area contributed by atoms with Crippen molar-refractivity contribution in [2.75, 3.05) is 0 Å². The van der Waals surface area contributed by atoms with Gasteiger partial charge < -0.3 is 4.40 Å². The monoisotopic (exact) mass is 212 g/mol. The third kappa shape index (κ3) is 1.31. The topological polar surface area (TPSA) is 35.1 Å². The predicted molar refractivity (Wildman–Crippen MR) is 62.1 cm³/mol. The number of nitrogens with zero attached hydrogens (tertiary/aromatic N) is 4.